The van der Waals surface area contributed by atoms with Gasteiger partial charge in [0.05, 0.1) is 16.6 Å². The summed E-state index contributed by atoms with van der Waals surface area (Å²) in [6.45, 7) is 21.8. The molecule has 2 heterocycles. The van der Waals surface area contributed by atoms with Gasteiger partial charge in [-0.1, -0.05) is 78.1 Å². The molecule has 0 saturated carbocycles. The molecule has 259 valence electrons. The zero-order valence-corrected chi connectivity index (χ0v) is 32.1. The van der Waals surface area contributed by atoms with Crippen molar-refractivity contribution in [3.8, 4) is 17.1 Å². The number of fused-ring (bicyclic) bond motifs is 4. The molecule has 0 fully saturated rings. The summed E-state index contributed by atoms with van der Waals surface area (Å²) in [4.78, 5) is 25.1. The fraction of sp³-hybridized carbons (Fsp3) is 0.514. The number of hydrogen-bond donors (Lipinski definition) is 1. The van der Waals surface area contributed by atoms with Gasteiger partial charge in [0.15, 0.2) is 0 Å². The van der Waals surface area contributed by atoms with Gasteiger partial charge < -0.3 is 15.6 Å². The Morgan fingerprint density at radius 1 is 1.06 bits per heavy atom. The van der Waals surface area contributed by atoms with E-state index in [2.05, 4.69) is 70.1 Å². The quantitative estimate of drug-likeness (QED) is 0.247. The summed E-state index contributed by atoms with van der Waals surface area (Å²) >= 11 is 0. The van der Waals surface area contributed by atoms with Crippen molar-refractivity contribution in [1.29, 1.82) is 0 Å². The Morgan fingerprint density at radius 3 is 2.28 bits per heavy atom. The standard InChI is InChI=1S/C34H45N4O4S.C3H8.V.H2/c1-22(2)17-23(3)15-16-38-27(20-34(6,7)8)21-42-30-19-29(31-24(4)11-9-12-25(31)5)35-33(36-30)37-43(40,41)28-14-10-13-26(18-28)32(38)39;1-3-2;;/h9-14,18-19,23,27H,15-17,20-21H2,1-8H3,(H,35,36,37);3H2,1-2H3;;1H/q-1;;;/t23?,27-;;;/m1.../s1. The van der Waals surface area contributed by atoms with E-state index in [4.69, 9.17) is 4.74 Å². The summed E-state index contributed by atoms with van der Waals surface area (Å²) in [5, 5.41) is 0. The number of aryl methyl sites for hydroxylation is 2. The minimum absolute atomic E-state index is 0. The number of sulfonamides is 1. The first-order valence-electron chi connectivity index (χ1n) is 16.4. The molecule has 0 aliphatic carbocycles. The number of benzene rings is 2. The van der Waals surface area contributed by atoms with Crippen molar-refractivity contribution in [2.75, 3.05) is 17.9 Å². The smallest absolute Gasteiger partial charge is 0.264 e. The van der Waals surface area contributed by atoms with Crippen LogP contribution in [0.25, 0.3) is 11.3 Å². The number of hydrogen-bond acceptors (Lipinski definition) is 6. The van der Waals surface area contributed by atoms with Crippen LogP contribution < -0.4 is 9.46 Å². The van der Waals surface area contributed by atoms with E-state index >= 15 is 0 Å². The summed E-state index contributed by atoms with van der Waals surface area (Å²) in [5.41, 5.74) is 3.66. The minimum atomic E-state index is -4.10. The van der Waals surface area contributed by atoms with Gasteiger partial charge in [-0.15, -0.1) is 0 Å². The van der Waals surface area contributed by atoms with E-state index in [1.54, 1.807) is 18.2 Å². The van der Waals surface area contributed by atoms with Crippen LogP contribution in [0.2, 0.25) is 0 Å². The molecule has 2 atom stereocenters. The number of nitrogens with one attached hydrogen (secondary N) is 1. The van der Waals surface area contributed by atoms with E-state index in [-0.39, 0.29) is 60.7 Å². The Labute approximate surface area is 296 Å². The van der Waals surface area contributed by atoms with Crippen molar-refractivity contribution >= 4 is 21.9 Å². The van der Waals surface area contributed by atoms with Crippen LogP contribution in [0, 0.1) is 31.1 Å². The summed E-state index contributed by atoms with van der Waals surface area (Å²) in [6.07, 6.45) is 3.72. The molecule has 0 spiro atoms. The SMILES string of the molecule is CCC.Cc1cccc(C)c1-c1cc2nc(n1)NS(=O)(=O)c1cccc(c1)C(=O)N(CCC(C)C[C-](C)C)[C@H](CC(C)(C)C)CO2.[HH].[V]. The van der Waals surface area contributed by atoms with Gasteiger partial charge in [0.2, 0.25) is 11.8 Å². The first-order valence-corrected chi connectivity index (χ1v) is 17.8. The monoisotopic (exact) mass is 702 g/mol. The fourth-order valence-electron chi connectivity index (χ4n) is 5.79. The number of nitrogens with zero attached hydrogens (tertiary/aromatic N) is 3. The Morgan fingerprint density at radius 2 is 1.68 bits per heavy atom. The van der Waals surface area contributed by atoms with Gasteiger partial charge in [-0.05, 0) is 61.4 Å². The van der Waals surface area contributed by atoms with Gasteiger partial charge in [-0.3, -0.25) is 4.79 Å². The van der Waals surface area contributed by atoms with Gasteiger partial charge in [-0.25, -0.2) is 18.1 Å². The molecule has 4 bridgehead atoms. The molecule has 1 aliphatic rings. The van der Waals surface area contributed by atoms with E-state index in [9.17, 15) is 13.2 Å². The second-order valence-corrected chi connectivity index (χ2v) is 15.7. The maximum Gasteiger partial charge on any atom is 0.264 e. The average molecular weight is 703 g/mol. The Bertz CT molecular complexity index is 1570. The van der Waals surface area contributed by atoms with E-state index in [1.807, 2.05) is 36.9 Å². The van der Waals surface area contributed by atoms with Crippen LogP contribution >= 0.6 is 0 Å². The summed E-state index contributed by atoms with van der Waals surface area (Å²) in [6, 6.07) is 13.6. The van der Waals surface area contributed by atoms with Crippen molar-refractivity contribution in [3.05, 3.63) is 71.1 Å². The van der Waals surface area contributed by atoms with Crippen LogP contribution in [0.1, 0.15) is 104 Å². The van der Waals surface area contributed by atoms with E-state index in [1.165, 1.54) is 24.5 Å². The minimum Gasteiger partial charge on any atom is -0.475 e. The molecular weight excluding hydrogens is 647 g/mol. The van der Waals surface area contributed by atoms with Crippen LogP contribution in [-0.4, -0.2) is 48.4 Å². The van der Waals surface area contributed by atoms with Crippen molar-refractivity contribution in [2.24, 2.45) is 11.3 Å². The first kappa shape index (κ1) is 40.3. The third-order valence-corrected chi connectivity index (χ3v) is 8.98. The Kier molecular flexibility index (Phi) is 15.0. The van der Waals surface area contributed by atoms with Crippen LogP contribution in [0.5, 0.6) is 5.88 Å². The number of anilines is 1. The van der Waals surface area contributed by atoms with E-state index in [0.29, 0.717) is 30.1 Å². The molecule has 1 radical (unpaired) electrons. The molecule has 47 heavy (non-hydrogen) atoms. The maximum atomic E-state index is 14.2. The topological polar surface area (TPSA) is 101 Å². The van der Waals surface area contributed by atoms with Gasteiger partial charge >= 0.3 is 0 Å². The third kappa shape index (κ3) is 11.6. The Balaban J connectivity index is 0.00000222. The first-order chi connectivity index (χ1) is 21.5. The molecule has 1 unspecified atom stereocenters. The van der Waals surface area contributed by atoms with Crippen LogP contribution in [0.3, 0.4) is 0 Å². The second-order valence-electron chi connectivity index (χ2n) is 14.1. The Hall–Kier alpha value is -2.88. The van der Waals surface area contributed by atoms with Gasteiger partial charge in [0.1, 0.15) is 6.61 Å². The van der Waals surface area contributed by atoms with E-state index in [0.717, 1.165) is 29.5 Å². The second kappa shape index (κ2) is 17.5. The largest absolute Gasteiger partial charge is 0.475 e. The predicted molar refractivity (Wildman–Crippen MR) is 190 cm³/mol. The van der Waals surface area contributed by atoms with Crippen molar-refractivity contribution in [3.63, 3.8) is 0 Å². The number of carbonyl (C=O) groups excluding carboxylic acids is 1. The molecule has 4 rings (SSSR count). The number of carbonyl (C=O) groups is 1. The van der Waals surface area contributed by atoms with Crippen LogP contribution in [0.4, 0.5) is 5.95 Å². The molecule has 1 amide bonds. The number of amides is 1. The average Bonchev–Trinajstić information content (AvgIpc) is 2.94. The number of aromatic nitrogens is 2. The molecule has 8 nitrogen and oxygen atoms in total. The molecule has 1 N–H and O–H groups in total. The van der Waals surface area contributed by atoms with Crippen LogP contribution in [0.15, 0.2) is 53.4 Å². The molecule has 1 aromatic heterocycles. The fourth-order valence-corrected chi connectivity index (χ4v) is 6.78. The van der Waals surface area contributed by atoms with Crippen molar-refractivity contribution in [2.45, 2.75) is 106 Å². The normalized spacial score (nSPS) is 16.6. The van der Waals surface area contributed by atoms with Crippen molar-refractivity contribution < 1.29 is 37.9 Å². The summed E-state index contributed by atoms with van der Waals surface area (Å²) in [5.74, 6) is 1.68. The zero-order chi connectivity index (χ0) is 34.2. The number of rotatable bonds is 7. The molecule has 0 saturated heterocycles. The van der Waals surface area contributed by atoms with Gasteiger partial charge in [-0.2, -0.15) is 25.3 Å². The summed E-state index contributed by atoms with van der Waals surface area (Å²) in [7, 11) is -4.10. The van der Waals surface area contributed by atoms with Gasteiger partial charge in [0, 0.05) is 43.7 Å². The molecule has 1 aliphatic heterocycles. The molecular formula is C37H55N4O4SV-. The zero-order valence-electron chi connectivity index (χ0n) is 29.8. The predicted octanol–water partition coefficient (Wildman–Crippen LogP) is 8.89. The molecule has 10 heteroatoms. The van der Waals surface area contributed by atoms with Crippen LogP contribution in [-0.2, 0) is 28.6 Å². The number of ether oxygens (including phenoxy) is 1. The van der Waals surface area contributed by atoms with Crippen molar-refractivity contribution in [1.82, 2.24) is 14.9 Å². The molecule has 3 aromatic rings. The third-order valence-electron chi connectivity index (χ3n) is 7.65. The summed E-state index contributed by atoms with van der Waals surface area (Å²) < 4.78 is 36.0. The van der Waals surface area contributed by atoms with Gasteiger partial charge in [0.25, 0.3) is 15.9 Å². The molecule has 2 aromatic carbocycles. The van der Waals surface area contributed by atoms with E-state index < -0.39 is 10.0 Å². The maximum absolute atomic E-state index is 14.2.